The Morgan fingerprint density at radius 2 is 2.06 bits per heavy atom. The minimum atomic E-state index is -0.440. The van der Waals surface area contributed by atoms with Crippen molar-refractivity contribution in [1.29, 1.82) is 0 Å². The Hall–Kier alpha value is -2.80. The third-order valence-corrected chi connectivity index (χ3v) is 5.80. The quantitative estimate of drug-likeness (QED) is 0.664. The molecule has 0 aliphatic carbocycles. The number of aromatic amines is 1. The fourth-order valence-electron chi connectivity index (χ4n) is 3.99. The first kappa shape index (κ1) is 22.9. The summed E-state index contributed by atoms with van der Waals surface area (Å²) in [6.07, 6.45) is 1.46. The molecule has 1 aromatic heterocycles. The standard InChI is InChI=1S/C23H28ClN3O4/c1-4-31-23(30)19-14(2)20(26-15(19)3)22(29)27-10-6-8-17(13-27)21(28)25-12-16-7-5-9-18(24)11-16/h5,7,9,11,17,26H,4,6,8,10,12-13H2,1-3H3,(H,25,28)/t17-/m0/s1. The Morgan fingerprint density at radius 1 is 1.29 bits per heavy atom. The van der Waals surface area contributed by atoms with Crippen LogP contribution in [0.3, 0.4) is 0 Å². The number of piperidine rings is 1. The maximum absolute atomic E-state index is 13.1. The number of H-pyrrole nitrogens is 1. The van der Waals surface area contributed by atoms with Crippen molar-refractivity contribution in [2.75, 3.05) is 19.7 Å². The smallest absolute Gasteiger partial charge is 0.340 e. The molecule has 8 heteroatoms. The average Bonchev–Trinajstić information content (AvgIpc) is 3.05. The van der Waals surface area contributed by atoms with E-state index in [1.165, 1.54) is 0 Å². The lowest BCUT2D eigenvalue weighted by Gasteiger charge is -2.32. The molecule has 166 valence electrons. The Labute approximate surface area is 187 Å². The van der Waals surface area contributed by atoms with Crippen LogP contribution in [-0.4, -0.2) is 47.4 Å². The summed E-state index contributed by atoms with van der Waals surface area (Å²) in [4.78, 5) is 42.8. The van der Waals surface area contributed by atoms with E-state index >= 15 is 0 Å². The van der Waals surface area contributed by atoms with Gasteiger partial charge in [0.2, 0.25) is 5.91 Å². The monoisotopic (exact) mass is 445 g/mol. The lowest BCUT2D eigenvalue weighted by molar-refractivity contribution is -0.126. The molecule has 7 nitrogen and oxygen atoms in total. The third kappa shape index (κ3) is 5.28. The number of halogens is 1. The van der Waals surface area contributed by atoms with Crippen molar-refractivity contribution in [3.63, 3.8) is 0 Å². The molecule has 2 heterocycles. The Balaban J connectivity index is 1.66. The van der Waals surface area contributed by atoms with Gasteiger partial charge in [0.25, 0.3) is 5.91 Å². The van der Waals surface area contributed by atoms with Crippen molar-refractivity contribution >= 4 is 29.4 Å². The fraction of sp³-hybridized carbons (Fsp3) is 0.435. The van der Waals surface area contributed by atoms with Crippen molar-refractivity contribution < 1.29 is 19.1 Å². The van der Waals surface area contributed by atoms with E-state index in [0.29, 0.717) is 47.2 Å². The van der Waals surface area contributed by atoms with Gasteiger partial charge in [-0.15, -0.1) is 0 Å². The Kier molecular flexibility index (Phi) is 7.38. The molecule has 0 radical (unpaired) electrons. The van der Waals surface area contributed by atoms with E-state index in [2.05, 4.69) is 10.3 Å². The number of rotatable bonds is 6. The van der Waals surface area contributed by atoms with Gasteiger partial charge in [0, 0.05) is 30.4 Å². The molecule has 1 saturated heterocycles. The Bertz CT molecular complexity index is 985. The molecule has 2 N–H and O–H groups in total. The van der Waals surface area contributed by atoms with Gasteiger partial charge in [-0.05, 0) is 56.9 Å². The number of aryl methyl sites for hydroxylation is 1. The highest BCUT2D eigenvalue weighted by Crippen LogP contribution is 2.24. The predicted octanol–water partition coefficient (Wildman–Crippen LogP) is 3.63. The third-order valence-electron chi connectivity index (χ3n) is 5.57. The van der Waals surface area contributed by atoms with Crippen molar-refractivity contribution in [2.24, 2.45) is 5.92 Å². The van der Waals surface area contributed by atoms with Gasteiger partial charge in [0.05, 0.1) is 18.1 Å². The van der Waals surface area contributed by atoms with Crippen LogP contribution in [0, 0.1) is 19.8 Å². The summed E-state index contributed by atoms with van der Waals surface area (Å²) in [5, 5.41) is 3.57. The zero-order chi connectivity index (χ0) is 22.5. The van der Waals surface area contributed by atoms with E-state index in [0.717, 1.165) is 18.4 Å². The van der Waals surface area contributed by atoms with Gasteiger partial charge in [-0.25, -0.2) is 4.79 Å². The number of carbonyl (C=O) groups is 3. The first-order valence-corrected chi connectivity index (χ1v) is 10.9. The number of ether oxygens (including phenoxy) is 1. The number of benzene rings is 1. The molecule has 0 bridgehead atoms. The number of esters is 1. The number of nitrogens with zero attached hydrogens (tertiary/aromatic N) is 1. The average molecular weight is 446 g/mol. The number of nitrogens with one attached hydrogen (secondary N) is 2. The number of hydrogen-bond acceptors (Lipinski definition) is 4. The van der Waals surface area contributed by atoms with Crippen LogP contribution in [0.15, 0.2) is 24.3 Å². The summed E-state index contributed by atoms with van der Waals surface area (Å²) in [5.74, 6) is -1.00. The van der Waals surface area contributed by atoms with E-state index in [4.69, 9.17) is 16.3 Å². The number of aromatic nitrogens is 1. The number of amides is 2. The number of hydrogen-bond donors (Lipinski definition) is 2. The first-order valence-electron chi connectivity index (χ1n) is 10.5. The second-order valence-electron chi connectivity index (χ2n) is 7.78. The minimum Gasteiger partial charge on any atom is -0.462 e. The first-order chi connectivity index (χ1) is 14.8. The van der Waals surface area contributed by atoms with Crippen LogP contribution >= 0.6 is 11.6 Å². The molecular formula is C23H28ClN3O4. The van der Waals surface area contributed by atoms with Crippen LogP contribution in [-0.2, 0) is 16.1 Å². The SMILES string of the molecule is CCOC(=O)c1c(C)[nH]c(C(=O)N2CCC[C@H](C(=O)NCc3cccc(Cl)c3)C2)c1C. The van der Waals surface area contributed by atoms with E-state index < -0.39 is 5.97 Å². The lowest BCUT2D eigenvalue weighted by Crippen LogP contribution is -2.45. The molecule has 1 atom stereocenters. The highest BCUT2D eigenvalue weighted by Gasteiger charge is 2.31. The van der Waals surface area contributed by atoms with Gasteiger partial charge >= 0.3 is 5.97 Å². The van der Waals surface area contributed by atoms with Crippen LogP contribution in [0.5, 0.6) is 0 Å². The number of likely N-dealkylation sites (tertiary alicyclic amines) is 1. The summed E-state index contributed by atoms with van der Waals surface area (Å²) in [6, 6.07) is 7.35. The molecule has 1 aliphatic rings. The summed E-state index contributed by atoms with van der Waals surface area (Å²) < 4.78 is 5.10. The molecule has 0 saturated carbocycles. The maximum Gasteiger partial charge on any atom is 0.340 e. The van der Waals surface area contributed by atoms with Gasteiger partial charge in [-0.2, -0.15) is 0 Å². The molecule has 2 amide bonds. The zero-order valence-electron chi connectivity index (χ0n) is 18.1. The normalized spacial score (nSPS) is 16.1. The lowest BCUT2D eigenvalue weighted by atomic mass is 9.96. The van der Waals surface area contributed by atoms with Crippen molar-refractivity contribution in [2.45, 2.75) is 40.2 Å². The summed E-state index contributed by atoms with van der Waals surface area (Å²) in [5.41, 5.74) is 2.88. The van der Waals surface area contributed by atoms with E-state index in [1.807, 2.05) is 18.2 Å². The van der Waals surface area contributed by atoms with E-state index in [9.17, 15) is 14.4 Å². The highest BCUT2D eigenvalue weighted by molar-refractivity contribution is 6.30. The van der Waals surface area contributed by atoms with Crippen LogP contribution in [0.4, 0.5) is 0 Å². The molecule has 31 heavy (non-hydrogen) atoms. The van der Waals surface area contributed by atoms with Gasteiger partial charge in [-0.3, -0.25) is 9.59 Å². The second-order valence-corrected chi connectivity index (χ2v) is 8.22. The van der Waals surface area contributed by atoms with Crippen molar-refractivity contribution in [3.05, 3.63) is 57.4 Å². The Morgan fingerprint density at radius 3 is 2.77 bits per heavy atom. The van der Waals surface area contributed by atoms with Gasteiger partial charge in [-0.1, -0.05) is 23.7 Å². The van der Waals surface area contributed by atoms with Crippen LogP contribution in [0.25, 0.3) is 0 Å². The molecule has 1 fully saturated rings. The topological polar surface area (TPSA) is 91.5 Å². The van der Waals surface area contributed by atoms with E-state index in [1.54, 1.807) is 31.7 Å². The number of carbonyl (C=O) groups excluding carboxylic acids is 3. The van der Waals surface area contributed by atoms with E-state index in [-0.39, 0.29) is 24.3 Å². The predicted molar refractivity (Wildman–Crippen MR) is 118 cm³/mol. The molecule has 1 aliphatic heterocycles. The molecular weight excluding hydrogens is 418 g/mol. The molecule has 2 aromatic rings. The molecule has 0 unspecified atom stereocenters. The van der Waals surface area contributed by atoms with Crippen LogP contribution in [0.1, 0.15) is 57.4 Å². The molecule has 1 aromatic carbocycles. The van der Waals surface area contributed by atoms with Crippen molar-refractivity contribution in [3.8, 4) is 0 Å². The maximum atomic E-state index is 13.1. The fourth-order valence-corrected chi connectivity index (χ4v) is 4.20. The zero-order valence-corrected chi connectivity index (χ0v) is 18.8. The van der Waals surface area contributed by atoms with Crippen LogP contribution in [0.2, 0.25) is 5.02 Å². The summed E-state index contributed by atoms with van der Waals surface area (Å²) >= 11 is 5.99. The minimum absolute atomic E-state index is 0.0796. The summed E-state index contributed by atoms with van der Waals surface area (Å²) in [6.45, 7) is 6.80. The van der Waals surface area contributed by atoms with Gasteiger partial charge in [0.1, 0.15) is 5.69 Å². The van der Waals surface area contributed by atoms with Gasteiger partial charge in [0.15, 0.2) is 0 Å². The molecule has 0 spiro atoms. The van der Waals surface area contributed by atoms with Gasteiger partial charge < -0.3 is 19.9 Å². The largest absolute Gasteiger partial charge is 0.462 e. The summed E-state index contributed by atoms with van der Waals surface area (Å²) in [7, 11) is 0. The second kappa shape index (κ2) is 10.0. The van der Waals surface area contributed by atoms with Crippen LogP contribution < -0.4 is 5.32 Å². The highest BCUT2D eigenvalue weighted by atomic mass is 35.5. The molecule has 3 rings (SSSR count). The van der Waals surface area contributed by atoms with Crippen molar-refractivity contribution in [1.82, 2.24) is 15.2 Å².